The molecule has 1 aromatic heterocycles. The van der Waals surface area contributed by atoms with Gasteiger partial charge in [0.1, 0.15) is 0 Å². The molecule has 7 nitrogen and oxygen atoms in total. The number of pyridine rings is 1. The number of ether oxygens (including phenoxy) is 1. The van der Waals surface area contributed by atoms with E-state index in [1.807, 2.05) is 6.92 Å². The molecule has 0 aliphatic heterocycles. The van der Waals surface area contributed by atoms with Crippen LogP contribution >= 0.6 is 24.0 Å². The quantitative estimate of drug-likeness (QED) is 0.182. The molecule has 0 spiro atoms. The highest BCUT2D eigenvalue weighted by Crippen LogP contribution is 2.41. The third-order valence-electron chi connectivity index (χ3n) is 5.19. The summed E-state index contributed by atoms with van der Waals surface area (Å²) in [6.07, 6.45) is 9.32. The van der Waals surface area contributed by atoms with Crippen LogP contribution in [0.4, 0.5) is 0 Å². The highest BCUT2D eigenvalue weighted by Gasteiger charge is 2.33. The van der Waals surface area contributed by atoms with E-state index in [1.54, 1.807) is 24.5 Å². The van der Waals surface area contributed by atoms with Crippen molar-refractivity contribution in [3.05, 3.63) is 30.1 Å². The predicted molar refractivity (Wildman–Crippen MR) is 128 cm³/mol. The molecule has 0 unspecified atom stereocenters. The molecule has 2 rings (SSSR count). The molecule has 164 valence electrons. The maximum atomic E-state index is 12.0. The SMILES string of the molecule is CCNC(=NCC1(CCOCC)CCCC1)NCCNC(=O)c1cccnc1.I. The molecular formula is C21H36IN5O2. The Morgan fingerprint density at radius 3 is 2.62 bits per heavy atom. The van der Waals surface area contributed by atoms with Crippen molar-refractivity contribution in [2.75, 3.05) is 39.4 Å². The van der Waals surface area contributed by atoms with Crippen molar-refractivity contribution in [3.8, 4) is 0 Å². The average molecular weight is 517 g/mol. The van der Waals surface area contributed by atoms with Gasteiger partial charge < -0.3 is 20.7 Å². The number of amides is 1. The molecule has 1 aliphatic rings. The summed E-state index contributed by atoms with van der Waals surface area (Å²) < 4.78 is 5.59. The van der Waals surface area contributed by atoms with Gasteiger partial charge in [-0.1, -0.05) is 12.8 Å². The van der Waals surface area contributed by atoms with Crippen LogP contribution in [0.15, 0.2) is 29.5 Å². The van der Waals surface area contributed by atoms with Gasteiger partial charge in [-0.25, -0.2) is 0 Å². The summed E-state index contributed by atoms with van der Waals surface area (Å²) in [5.41, 5.74) is 0.840. The Hall–Kier alpha value is -1.42. The van der Waals surface area contributed by atoms with Crippen molar-refractivity contribution >= 4 is 35.8 Å². The molecule has 1 aromatic rings. The van der Waals surface area contributed by atoms with Crippen molar-refractivity contribution in [1.29, 1.82) is 0 Å². The van der Waals surface area contributed by atoms with Crippen molar-refractivity contribution in [3.63, 3.8) is 0 Å². The molecule has 1 amide bonds. The van der Waals surface area contributed by atoms with E-state index in [0.29, 0.717) is 18.7 Å². The molecule has 1 aliphatic carbocycles. The Morgan fingerprint density at radius 2 is 1.97 bits per heavy atom. The van der Waals surface area contributed by atoms with Gasteiger partial charge in [-0.3, -0.25) is 14.8 Å². The van der Waals surface area contributed by atoms with E-state index in [1.165, 1.54) is 25.7 Å². The van der Waals surface area contributed by atoms with Crippen molar-refractivity contribution in [2.24, 2.45) is 10.4 Å². The largest absolute Gasteiger partial charge is 0.382 e. The van der Waals surface area contributed by atoms with Crippen LogP contribution in [0.2, 0.25) is 0 Å². The van der Waals surface area contributed by atoms with E-state index in [2.05, 4.69) is 27.9 Å². The van der Waals surface area contributed by atoms with E-state index in [0.717, 1.165) is 38.7 Å². The number of hydrogen-bond acceptors (Lipinski definition) is 4. The van der Waals surface area contributed by atoms with Crippen molar-refractivity contribution in [2.45, 2.75) is 46.0 Å². The third kappa shape index (κ3) is 9.29. The standard InChI is InChI=1S/C21H35N5O2.HI/c1-3-23-20(25-14-13-24-19(27)18-8-7-12-22-16-18)26-17-21(9-5-6-10-21)11-15-28-4-2;/h7-8,12,16H,3-6,9-11,13-15,17H2,1-2H3,(H,24,27)(H2,23,25,26);1H. The molecule has 1 saturated carbocycles. The molecule has 0 aromatic carbocycles. The van der Waals surface area contributed by atoms with Crippen molar-refractivity contribution < 1.29 is 9.53 Å². The Bertz CT molecular complexity index is 606. The number of carbonyl (C=O) groups excluding carboxylic acids is 1. The smallest absolute Gasteiger partial charge is 0.252 e. The number of carbonyl (C=O) groups is 1. The van der Waals surface area contributed by atoms with Gasteiger partial charge in [-0.15, -0.1) is 24.0 Å². The van der Waals surface area contributed by atoms with Gasteiger partial charge in [-0.2, -0.15) is 0 Å². The number of aromatic nitrogens is 1. The zero-order valence-corrected chi connectivity index (χ0v) is 20.0. The molecule has 29 heavy (non-hydrogen) atoms. The molecular weight excluding hydrogens is 481 g/mol. The first-order chi connectivity index (χ1) is 13.7. The van der Waals surface area contributed by atoms with E-state index in [4.69, 9.17) is 9.73 Å². The van der Waals surface area contributed by atoms with E-state index in [9.17, 15) is 4.79 Å². The second kappa shape index (κ2) is 14.5. The summed E-state index contributed by atoms with van der Waals surface area (Å²) in [6, 6.07) is 3.51. The zero-order chi connectivity index (χ0) is 20.1. The molecule has 0 saturated heterocycles. The normalized spacial score (nSPS) is 15.4. The van der Waals surface area contributed by atoms with E-state index >= 15 is 0 Å². The Morgan fingerprint density at radius 1 is 1.21 bits per heavy atom. The van der Waals surface area contributed by atoms with Gasteiger partial charge in [0.15, 0.2) is 5.96 Å². The monoisotopic (exact) mass is 517 g/mol. The summed E-state index contributed by atoms with van der Waals surface area (Å²) in [7, 11) is 0. The number of nitrogens with one attached hydrogen (secondary N) is 3. The lowest BCUT2D eigenvalue weighted by atomic mass is 9.83. The summed E-state index contributed by atoms with van der Waals surface area (Å²) in [6.45, 7) is 8.45. The van der Waals surface area contributed by atoms with Crippen LogP contribution in [-0.4, -0.2) is 56.2 Å². The van der Waals surface area contributed by atoms with Crippen LogP contribution in [0.25, 0.3) is 0 Å². The third-order valence-corrected chi connectivity index (χ3v) is 5.19. The second-order valence-corrected chi connectivity index (χ2v) is 7.27. The topological polar surface area (TPSA) is 87.6 Å². The summed E-state index contributed by atoms with van der Waals surface area (Å²) in [5, 5.41) is 9.50. The van der Waals surface area contributed by atoms with Gasteiger partial charge in [0.25, 0.3) is 5.91 Å². The molecule has 8 heteroatoms. The van der Waals surface area contributed by atoms with Crippen LogP contribution < -0.4 is 16.0 Å². The molecule has 1 heterocycles. The van der Waals surface area contributed by atoms with Crippen LogP contribution in [0.5, 0.6) is 0 Å². The number of guanidine groups is 1. The number of hydrogen-bond donors (Lipinski definition) is 3. The van der Waals surface area contributed by atoms with Crippen LogP contribution in [0.1, 0.15) is 56.3 Å². The first-order valence-corrected chi connectivity index (χ1v) is 10.5. The summed E-state index contributed by atoms with van der Waals surface area (Å²) >= 11 is 0. The van der Waals surface area contributed by atoms with Crippen LogP contribution in [0, 0.1) is 5.41 Å². The first kappa shape index (κ1) is 25.6. The fourth-order valence-corrected chi connectivity index (χ4v) is 3.59. The van der Waals surface area contributed by atoms with Gasteiger partial charge in [0.05, 0.1) is 5.56 Å². The van der Waals surface area contributed by atoms with Gasteiger partial charge in [0.2, 0.25) is 0 Å². The first-order valence-electron chi connectivity index (χ1n) is 10.5. The number of aliphatic imine (C=N–C) groups is 1. The second-order valence-electron chi connectivity index (χ2n) is 7.27. The summed E-state index contributed by atoms with van der Waals surface area (Å²) in [5.74, 6) is 0.693. The Labute approximate surface area is 191 Å². The zero-order valence-electron chi connectivity index (χ0n) is 17.7. The minimum Gasteiger partial charge on any atom is -0.382 e. The molecule has 3 N–H and O–H groups in total. The fraction of sp³-hybridized carbons (Fsp3) is 0.667. The number of nitrogens with zero attached hydrogens (tertiary/aromatic N) is 2. The lowest BCUT2D eigenvalue weighted by Crippen LogP contribution is -2.42. The van der Waals surface area contributed by atoms with E-state index < -0.39 is 0 Å². The average Bonchev–Trinajstić information content (AvgIpc) is 3.19. The highest BCUT2D eigenvalue weighted by atomic mass is 127. The van der Waals surface area contributed by atoms with E-state index in [-0.39, 0.29) is 35.3 Å². The predicted octanol–water partition coefficient (Wildman–Crippen LogP) is 2.97. The maximum Gasteiger partial charge on any atom is 0.252 e. The molecule has 0 bridgehead atoms. The van der Waals surface area contributed by atoms with Gasteiger partial charge >= 0.3 is 0 Å². The maximum absolute atomic E-state index is 12.0. The number of rotatable bonds is 11. The summed E-state index contributed by atoms with van der Waals surface area (Å²) in [4.78, 5) is 20.9. The van der Waals surface area contributed by atoms with Gasteiger partial charge in [-0.05, 0) is 50.7 Å². The molecule has 0 atom stereocenters. The molecule has 1 fully saturated rings. The Balaban J connectivity index is 0.00000420. The fourth-order valence-electron chi connectivity index (χ4n) is 3.59. The van der Waals surface area contributed by atoms with Crippen LogP contribution in [-0.2, 0) is 4.74 Å². The lowest BCUT2D eigenvalue weighted by Gasteiger charge is -2.27. The molecule has 0 radical (unpaired) electrons. The van der Waals surface area contributed by atoms with Crippen molar-refractivity contribution in [1.82, 2.24) is 20.9 Å². The Kier molecular flexibility index (Phi) is 12.8. The highest BCUT2D eigenvalue weighted by molar-refractivity contribution is 14.0. The van der Waals surface area contributed by atoms with Crippen LogP contribution in [0.3, 0.4) is 0 Å². The lowest BCUT2D eigenvalue weighted by molar-refractivity contribution is 0.0954. The number of halogens is 1. The minimum absolute atomic E-state index is 0. The van der Waals surface area contributed by atoms with Gasteiger partial charge in [0, 0.05) is 51.8 Å². The minimum atomic E-state index is -0.113.